The first-order valence-electron chi connectivity index (χ1n) is 5.55. The Morgan fingerprint density at radius 2 is 2.25 bits per heavy atom. The summed E-state index contributed by atoms with van der Waals surface area (Å²) >= 11 is 0. The summed E-state index contributed by atoms with van der Waals surface area (Å²) < 4.78 is 26.4. The molecule has 0 spiro atoms. The van der Waals surface area contributed by atoms with Crippen molar-refractivity contribution in [2.75, 3.05) is 19.6 Å². The van der Waals surface area contributed by atoms with Crippen LogP contribution in [0.5, 0.6) is 0 Å². The number of halogens is 2. The highest BCUT2D eigenvalue weighted by Gasteiger charge is 2.17. The van der Waals surface area contributed by atoms with E-state index in [2.05, 4.69) is 17.1 Å². The lowest BCUT2D eigenvalue weighted by Crippen LogP contribution is -2.48. The lowest BCUT2D eigenvalue weighted by Gasteiger charge is -2.31. The van der Waals surface area contributed by atoms with Crippen molar-refractivity contribution < 1.29 is 8.78 Å². The van der Waals surface area contributed by atoms with E-state index in [1.807, 2.05) is 0 Å². The average Bonchev–Trinajstić information content (AvgIpc) is 2.25. The molecule has 0 bridgehead atoms. The molecule has 0 unspecified atom stereocenters. The number of nitrogens with one attached hydrogen (secondary N) is 1. The van der Waals surface area contributed by atoms with Crippen molar-refractivity contribution in [2.24, 2.45) is 0 Å². The molecule has 4 heteroatoms. The van der Waals surface area contributed by atoms with Crippen molar-refractivity contribution in [3.05, 3.63) is 35.4 Å². The predicted molar refractivity (Wildman–Crippen MR) is 59.1 cm³/mol. The van der Waals surface area contributed by atoms with Gasteiger partial charge in [0.2, 0.25) is 0 Å². The minimum Gasteiger partial charge on any atom is -0.312 e. The molecule has 1 aromatic rings. The van der Waals surface area contributed by atoms with Crippen LogP contribution in [0.2, 0.25) is 0 Å². The van der Waals surface area contributed by atoms with Gasteiger partial charge >= 0.3 is 0 Å². The van der Waals surface area contributed by atoms with Gasteiger partial charge < -0.3 is 5.32 Å². The monoisotopic (exact) mass is 226 g/mol. The maximum absolute atomic E-state index is 13.4. The largest absolute Gasteiger partial charge is 0.312 e. The van der Waals surface area contributed by atoms with Crippen LogP contribution in [-0.2, 0) is 6.54 Å². The van der Waals surface area contributed by atoms with E-state index in [4.69, 9.17) is 0 Å². The number of hydrogen-bond donors (Lipinski definition) is 1. The van der Waals surface area contributed by atoms with Crippen LogP contribution in [0, 0.1) is 11.6 Å². The number of benzene rings is 1. The molecule has 88 valence electrons. The molecule has 1 aliphatic rings. The topological polar surface area (TPSA) is 15.3 Å². The van der Waals surface area contributed by atoms with Gasteiger partial charge in [-0.15, -0.1) is 0 Å². The van der Waals surface area contributed by atoms with Gasteiger partial charge in [0.25, 0.3) is 0 Å². The Balaban J connectivity index is 2.05. The van der Waals surface area contributed by atoms with E-state index in [1.54, 1.807) is 12.1 Å². The first-order valence-corrected chi connectivity index (χ1v) is 5.55. The molecule has 0 aliphatic carbocycles. The summed E-state index contributed by atoms with van der Waals surface area (Å²) in [7, 11) is 0. The molecule has 1 aliphatic heterocycles. The molecule has 1 atom stereocenters. The van der Waals surface area contributed by atoms with Gasteiger partial charge in [0.05, 0.1) is 0 Å². The van der Waals surface area contributed by atoms with E-state index in [-0.39, 0.29) is 0 Å². The van der Waals surface area contributed by atoms with Crippen LogP contribution in [0.25, 0.3) is 0 Å². The second kappa shape index (κ2) is 4.89. The van der Waals surface area contributed by atoms with Crippen LogP contribution >= 0.6 is 0 Å². The molecule has 1 aromatic carbocycles. The number of rotatable bonds is 2. The summed E-state index contributed by atoms with van der Waals surface area (Å²) in [5.74, 6) is -1.48. The van der Waals surface area contributed by atoms with Crippen LogP contribution in [0.4, 0.5) is 8.78 Å². The lowest BCUT2D eigenvalue weighted by atomic mass is 10.1. The fraction of sp³-hybridized carbons (Fsp3) is 0.500. The molecule has 1 N–H and O–H groups in total. The van der Waals surface area contributed by atoms with Gasteiger partial charge in [-0.1, -0.05) is 12.1 Å². The second-order valence-corrected chi connectivity index (χ2v) is 4.30. The van der Waals surface area contributed by atoms with E-state index >= 15 is 0 Å². The van der Waals surface area contributed by atoms with Crippen molar-refractivity contribution in [3.63, 3.8) is 0 Å². The molecule has 2 rings (SSSR count). The van der Waals surface area contributed by atoms with Crippen LogP contribution in [0.1, 0.15) is 12.5 Å². The van der Waals surface area contributed by atoms with Crippen molar-refractivity contribution in [3.8, 4) is 0 Å². The van der Waals surface area contributed by atoms with E-state index in [9.17, 15) is 8.78 Å². The Labute approximate surface area is 94.3 Å². The molecular weight excluding hydrogens is 210 g/mol. The molecular formula is C12H16F2N2. The zero-order valence-electron chi connectivity index (χ0n) is 9.34. The highest BCUT2D eigenvalue weighted by molar-refractivity contribution is 5.18. The molecule has 1 heterocycles. The standard InChI is InChI=1S/C12H16F2N2/c1-9-7-16(6-5-15-9)8-10-3-2-4-11(13)12(10)14/h2-4,9,15H,5-8H2,1H3/t9-/m1/s1. The quantitative estimate of drug-likeness (QED) is 0.826. The van der Waals surface area contributed by atoms with Gasteiger partial charge in [0.1, 0.15) is 0 Å². The molecule has 1 saturated heterocycles. The fourth-order valence-corrected chi connectivity index (χ4v) is 2.07. The fourth-order valence-electron chi connectivity index (χ4n) is 2.07. The molecule has 0 aromatic heterocycles. The van der Waals surface area contributed by atoms with Gasteiger partial charge in [0, 0.05) is 37.8 Å². The number of hydrogen-bond acceptors (Lipinski definition) is 2. The SMILES string of the molecule is C[C@@H]1CN(Cc2cccc(F)c2F)CCN1. The highest BCUT2D eigenvalue weighted by Crippen LogP contribution is 2.14. The zero-order chi connectivity index (χ0) is 11.5. The molecule has 1 fully saturated rings. The molecule has 0 radical (unpaired) electrons. The van der Waals surface area contributed by atoms with Crippen molar-refractivity contribution in [1.82, 2.24) is 10.2 Å². The van der Waals surface area contributed by atoms with Crippen LogP contribution in [-0.4, -0.2) is 30.6 Å². The smallest absolute Gasteiger partial charge is 0.163 e. The van der Waals surface area contributed by atoms with E-state index in [0.717, 1.165) is 25.7 Å². The Morgan fingerprint density at radius 1 is 1.44 bits per heavy atom. The van der Waals surface area contributed by atoms with Crippen molar-refractivity contribution in [2.45, 2.75) is 19.5 Å². The summed E-state index contributed by atoms with van der Waals surface area (Å²) in [5.41, 5.74) is 0.439. The van der Waals surface area contributed by atoms with Crippen LogP contribution in [0.15, 0.2) is 18.2 Å². The van der Waals surface area contributed by atoms with Gasteiger partial charge in [-0.2, -0.15) is 0 Å². The Hall–Kier alpha value is -1.00. The van der Waals surface area contributed by atoms with Gasteiger partial charge in [-0.3, -0.25) is 4.90 Å². The maximum Gasteiger partial charge on any atom is 0.163 e. The van der Waals surface area contributed by atoms with Gasteiger partial charge in [-0.25, -0.2) is 8.78 Å². The predicted octanol–water partition coefficient (Wildman–Crippen LogP) is 1.76. The third kappa shape index (κ3) is 2.57. The minimum absolute atomic E-state index is 0.408. The number of piperazine rings is 1. The highest BCUT2D eigenvalue weighted by atomic mass is 19.2. The summed E-state index contributed by atoms with van der Waals surface area (Å²) in [5, 5.41) is 3.31. The van der Waals surface area contributed by atoms with Crippen LogP contribution < -0.4 is 5.32 Å². The second-order valence-electron chi connectivity index (χ2n) is 4.30. The third-order valence-electron chi connectivity index (χ3n) is 2.88. The molecule has 0 saturated carbocycles. The zero-order valence-corrected chi connectivity index (χ0v) is 9.34. The van der Waals surface area contributed by atoms with E-state index in [0.29, 0.717) is 18.2 Å². The molecule has 2 nitrogen and oxygen atoms in total. The summed E-state index contributed by atoms with van der Waals surface area (Å²) in [4.78, 5) is 2.14. The lowest BCUT2D eigenvalue weighted by molar-refractivity contribution is 0.197. The van der Waals surface area contributed by atoms with E-state index in [1.165, 1.54) is 0 Å². The summed E-state index contributed by atoms with van der Waals surface area (Å²) in [6.45, 7) is 5.22. The minimum atomic E-state index is -0.763. The Morgan fingerprint density at radius 3 is 3.00 bits per heavy atom. The van der Waals surface area contributed by atoms with E-state index < -0.39 is 11.6 Å². The molecule has 16 heavy (non-hydrogen) atoms. The average molecular weight is 226 g/mol. The van der Waals surface area contributed by atoms with Gasteiger partial charge in [-0.05, 0) is 13.0 Å². The first kappa shape index (κ1) is 11.5. The summed E-state index contributed by atoms with van der Waals surface area (Å²) in [6.07, 6.45) is 0. The third-order valence-corrected chi connectivity index (χ3v) is 2.88. The Bertz CT molecular complexity index is 368. The van der Waals surface area contributed by atoms with Crippen molar-refractivity contribution >= 4 is 0 Å². The molecule has 0 amide bonds. The van der Waals surface area contributed by atoms with Crippen molar-refractivity contribution in [1.29, 1.82) is 0 Å². The van der Waals surface area contributed by atoms with Crippen LogP contribution in [0.3, 0.4) is 0 Å². The maximum atomic E-state index is 13.4. The number of nitrogens with zero attached hydrogens (tertiary/aromatic N) is 1. The summed E-state index contributed by atoms with van der Waals surface area (Å²) in [6, 6.07) is 4.76. The van der Waals surface area contributed by atoms with Gasteiger partial charge in [0.15, 0.2) is 11.6 Å². The Kier molecular flexibility index (Phi) is 3.51. The normalized spacial score (nSPS) is 22.3. The first-order chi connectivity index (χ1) is 7.66.